The van der Waals surface area contributed by atoms with Crippen LogP contribution in [0.3, 0.4) is 0 Å². The highest BCUT2D eigenvalue weighted by Gasteiger charge is 2.36. The molecular weight excluding hydrogens is 356 g/mol. The normalized spacial score (nSPS) is 15.4. The van der Waals surface area contributed by atoms with Crippen LogP contribution >= 0.6 is 11.3 Å². The van der Waals surface area contributed by atoms with Crippen molar-refractivity contribution in [2.75, 3.05) is 13.1 Å². The molecule has 3 rings (SSSR count). The van der Waals surface area contributed by atoms with Crippen molar-refractivity contribution in [3.63, 3.8) is 0 Å². The van der Waals surface area contributed by atoms with Gasteiger partial charge in [0.15, 0.2) is 0 Å². The fourth-order valence-electron chi connectivity index (χ4n) is 3.85. The first-order chi connectivity index (χ1) is 13.1. The Morgan fingerprint density at radius 2 is 1.81 bits per heavy atom. The number of thiophene rings is 1. The Morgan fingerprint density at radius 1 is 1.07 bits per heavy atom. The maximum Gasteiger partial charge on any atom is 0.251 e. The molecule has 5 heteroatoms. The predicted octanol–water partition coefficient (Wildman–Crippen LogP) is 4.06. The van der Waals surface area contributed by atoms with E-state index in [4.69, 9.17) is 0 Å². The second kappa shape index (κ2) is 9.18. The summed E-state index contributed by atoms with van der Waals surface area (Å²) in [5, 5.41) is 7.86. The number of hydrogen-bond donors (Lipinski definition) is 2. The molecule has 1 saturated carbocycles. The maximum absolute atomic E-state index is 12.3. The van der Waals surface area contributed by atoms with Gasteiger partial charge < -0.3 is 10.6 Å². The summed E-state index contributed by atoms with van der Waals surface area (Å²) < 4.78 is 0. The lowest BCUT2D eigenvalue weighted by Gasteiger charge is -2.28. The molecule has 144 valence electrons. The highest BCUT2D eigenvalue weighted by Crippen LogP contribution is 2.42. The van der Waals surface area contributed by atoms with E-state index in [-0.39, 0.29) is 23.8 Å². The Kier molecular flexibility index (Phi) is 6.67. The molecule has 27 heavy (non-hydrogen) atoms. The third-order valence-corrected chi connectivity index (χ3v) is 6.51. The highest BCUT2D eigenvalue weighted by atomic mass is 32.1. The van der Waals surface area contributed by atoms with E-state index < -0.39 is 0 Å². The van der Waals surface area contributed by atoms with Crippen molar-refractivity contribution < 1.29 is 9.59 Å². The zero-order valence-electron chi connectivity index (χ0n) is 15.9. The van der Waals surface area contributed by atoms with Gasteiger partial charge in [0, 0.05) is 22.4 Å². The molecule has 2 aromatic rings. The highest BCUT2D eigenvalue weighted by molar-refractivity contribution is 7.10. The fourth-order valence-corrected chi connectivity index (χ4v) is 4.83. The van der Waals surface area contributed by atoms with Gasteiger partial charge in [0.25, 0.3) is 5.91 Å². The van der Waals surface area contributed by atoms with Crippen molar-refractivity contribution in [2.45, 2.75) is 50.9 Å². The SMILES string of the molecule is CCCc1ccc(C(=O)NCC(=O)NCC2(c3cccs3)CCCC2)cc1. The first kappa shape index (κ1) is 19.6. The minimum absolute atomic E-state index is 0.00999. The molecule has 2 amide bonds. The Labute approximate surface area is 165 Å². The van der Waals surface area contributed by atoms with Crippen LogP contribution in [0, 0.1) is 0 Å². The summed E-state index contributed by atoms with van der Waals surface area (Å²) in [5.74, 6) is -0.337. The van der Waals surface area contributed by atoms with E-state index >= 15 is 0 Å². The molecular formula is C22H28N2O2S. The standard InChI is InChI=1S/C22H28N2O2S/c1-2-6-17-8-10-18(11-9-17)21(26)23-15-20(25)24-16-22(12-3-4-13-22)19-7-5-14-27-19/h5,7-11,14H,2-4,6,12-13,15-16H2,1H3,(H,23,26)(H,24,25). The lowest BCUT2D eigenvalue weighted by atomic mass is 9.84. The van der Waals surface area contributed by atoms with Gasteiger partial charge in [-0.15, -0.1) is 11.3 Å². The quantitative estimate of drug-likeness (QED) is 0.721. The summed E-state index contributed by atoms with van der Waals surface area (Å²) in [5.41, 5.74) is 1.89. The summed E-state index contributed by atoms with van der Waals surface area (Å²) in [4.78, 5) is 25.9. The third-order valence-electron chi connectivity index (χ3n) is 5.39. The molecule has 0 radical (unpaired) electrons. The predicted molar refractivity (Wildman–Crippen MR) is 110 cm³/mol. The lowest BCUT2D eigenvalue weighted by Crippen LogP contribution is -2.43. The van der Waals surface area contributed by atoms with Crippen LogP contribution in [0.4, 0.5) is 0 Å². The topological polar surface area (TPSA) is 58.2 Å². The van der Waals surface area contributed by atoms with Gasteiger partial charge in [-0.25, -0.2) is 0 Å². The summed E-state index contributed by atoms with van der Waals surface area (Å²) in [6, 6.07) is 11.8. The van der Waals surface area contributed by atoms with E-state index in [0.29, 0.717) is 12.1 Å². The molecule has 1 aromatic heterocycles. The number of amides is 2. The van der Waals surface area contributed by atoms with E-state index in [1.165, 1.54) is 23.3 Å². The molecule has 1 fully saturated rings. The largest absolute Gasteiger partial charge is 0.354 e. The van der Waals surface area contributed by atoms with Crippen molar-refractivity contribution in [3.8, 4) is 0 Å². The van der Waals surface area contributed by atoms with Gasteiger partial charge in [-0.2, -0.15) is 0 Å². The minimum Gasteiger partial charge on any atom is -0.354 e. The Morgan fingerprint density at radius 3 is 2.44 bits per heavy atom. The number of hydrogen-bond acceptors (Lipinski definition) is 3. The van der Waals surface area contributed by atoms with Crippen molar-refractivity contribution in [1.82, 2.24) is 10.6 Å². The van der Waals surface area contributed by atoms with Crippen molar-refractivity contribution in [1.29, 1.82) is 0 Å². The number of aryl methyl sites for hydroxylation is 1. The van der Waals surface area contributed by atoms with E-state index in [0.717, 1.165) is 25.7 Å². The van der Waals surface area contributed by atoms with Crippen LogP contribution < -0.4 is 10.6 Å². The average Bonchev–Trinajstić information content (AvgIpc) is 3.38. The van der Waals surface area contributed by atoms with Crippen LogP contribution in [0.25, 0.3) is 0 Å². The minimum atomic E-state index is -0.206. The molecule has 0 aliphatic heterocycles. The number of nitrogens with one attached hydrogen (secondary N) is 2. The van der Waals surface area contributed by atoms with Gasteiger partial charge in [-0.3, -0.25) is 9.59 Å². The van der Waals surface area contributed by atoms with Crippen LogP contribution in [-0.2, 0) is 16.6 Å². The smallest absolute Gasteiger partial charge is 0.251 e. The van der Waals surface area contributed by atoms with Crippen LogP contribution in [0.1, 0.15) is 59.8 Å². The van der Waals surface area contributed by atoms with Gasteiger partial charge in [0.05, 0.1) is 6.54 Å². The lowest BCUT2D eigenvalue weighted by molar-refractivity contribution is -0.120. The zero-order valence-corrected chi connectivity index (χ0v) is 16.7. The molecule has 4 nitrogen and oxygen atoms in total. The van der Waals surface area contributed by atoms with E-state index in [1.54, 1.807) is 11.3 Å². The number of benzene rings is 1. The second-order valence-electron chi connectivity index (χ2n) is 7.37. The van der Waals surface area contributed by atoms with E-state index in [1.807, 2.05) is 24.3 Å². The second-order valence-corrected chi connectivity index (χ2v) is 8.32. The van der Waals surface area contributed by atoms with Crippen LogP contribution in [0.5, 0.6) is 0 Å². The fraction of sp³-hybridized carbons (Fsp3) is 0.455. The maximum atomic E-state index is 12.3. The van der Waals surface area contributed by atoms with Crippen LogP contribution in [-0.4, -0.2) is 24.9 Å². The molecule has 0 unspecified atom stereocenters. The Hall–Kier alpha value is -2.14. The first-order valence-corrected chi connectivity index (χ1v) is 10.7. The van der Waals surface area contributed by atoms with Crippen molar-refractivity contribution >= 4 is 23.2 Å². The molecule has 0 bridgehead atoms. The van der Waals surface area contributed by atoms with Crippen LogP contribution in [0.2, 0.25) is 0 Å². The monoisotopic (exact) mass is 384 g/mol. The molecule has 2 N–H and O–H groups in total. The summed E-state index contributed by atoms with van der Waals surface area (Å²) in [7, 11) is 0. The Balaban J connectivity index is 1.48. The summed E-state index contributed by atoms with van der Waals surface area (Å²) in [6.07, 6.45) is 6.74. The molecule has 0 saturated heterocycles. The van der Waals surface area contributed by atoms with Gasteiger partial charge in [0.1, 0.15) is 0 Å². The first-order valence-electron chi connectivity index (χ1n) is 9.81. The van der Waals surface area contributed by atoms with Gasteiger partial charge in [-0.1, -0.05) is 44.4 Å². The number of carbonyl (C=O) groups is 2. The van der Waals surface area contributed by atoms with Crippen molar-refractivity contribution in [2.24, 2.45) is 0 Å². The summed E-state index contributed by atoms with van der Waals surface area (Å²) >= 11 is 1.77. The molecule has 0 spiro atoms. The van der Waals surface area contributed by atoms with E-state index in [9.17, 15) is 9.59 Å². The number of rotatable bonds is 8. The van der Waals surface area contributed by atoms with Crippen molar-refractivity contribution in [3.05, 3.63) is 57.8 Å². The molecule has 1 aromatic carbocycles. The molecule has 1 aliphatic carbocycles. The molecule has 1 heterocycles. The average molecular weight is 385 g/mol. The molecule has 1 aliphatic rings. The van der Waals surface area contributed by atoms with Crippen LogP contribution in [0.15, 0.2) is 41.8 Å². The summed E-state index contributed by atoms with van der Waals surface area (Å²) in [6.45, 7) is 2.79. The Bertz CT molecular complexity index is 747. The molecule has 0 atom stereocenters. The van der Waals surface area contributed by atoms with Gasteiger partial charge in [0.2, 0.25) is 5.91 Å². The van der Waals surface area contributed by atoms with E-state index in [2.05, 4.69) is 35.1 Å². The number of carbonyl (C=O) groups excluding carboxylic acids is 2. The third kappa shape index (κ3) is 4.98. The van der Waals surface area contributed by atoms with Gasteiger partial charge in [-0.05, 0) is 48.4 Å². The van der Waals surface area contributed by atoms with Gasteiger partial charge >= 0.3 is 0 Å². The zero-order chi connectivity index (χ0) is 19.1.